The van der Waals surface area contributed by atoms with E-state index in [0.717, 1.165) is 6.42 Å². The Morgan fingerprint density at radius 3 is 2.84 bits per heavy atom. The van der Waals surface area contributed by atoms with Gasteiger partial charge in [-0.05, 0) is 31.5 Å². The molecule has 1 amide bonds. The van der Waals surface area contributed by atoms with Crippen molar-refractivity contribution in [3.63, 3.8) is 0 Å². The van der Waals surface area contributed by atoms with Gasteiger partial charge in [0, 0.05) is 32.0 Å². The van der Waals surface area contributed by atoms with Gasteiger partial charge >= 0.3 is 5.97 Å². The average Bonchev–Trinajstić information content (AvgIpc) is 3.12. The van der Waals surface area contributed by atoms with Crippen molar-refractivity contribution in [2.45, 2.75) is 13.3 Å². The first kappa shape index (κ1) is 16.8. The summed E-state index contributed by atoms with van der Waals surface area (Å²) in [6.07, 6.45) is 3.82. The van der Waals surface area contributed by atoms with E-state index in [4.69, 9.17) is 5.11 Å². The number of pyridine rings is 1. The average molecular weight is 341 g/mol. The van der Waals surface area contributed by atoms with Crippen molar-refractivity contribution >= 4 is 17.8 Å². The first-order valence-corrected chi connectivity index (χ1v) is 8.14. The fourth-order valence-corrected chi connectivity index (χ4v) is 2.82. The minimum atomic E-state index is -1.01. The van der Waals surface area contributed by atoms with Crippen molar-refractivity contribution in [3.05, 3.63) is 36.2 Å². The number of carbonyl (C=O) groups excluding carboxylic acids is 1. The molecule has 1 fully saturated rings. The standard InChI is InChI=1S/C17H19N5O3/c1-2-18-15(23)12-5-8-22(10-12)17-20-7-4-13(21-17)14-9-11(16(24)25)3-6-19-14/h3-4,6-7,9,12H,2,5,8,10H2,1H3,(H,18,23)(H,24,25)/t12-/m1/s1. The highest BCUT2D eigenvalue weighted by Gasteiger charge is 2.29. The molecule has 0 saturated carbocycles. The lowest BCUT2D eigenvalue weighted by Gasteiger charge is -2.16. The predicted molar refractivity (Wildman–Crippen MR) is 91.2 cm³/mol. The molecule has 0 aromatic carbocycles. The molecule has 25 heavy (non-hydrogen) atoms. The van der Waals surface area contributed by atoms with Crippen LogP contribution in [0, 0.1) is 5.92 Å². The van der Waals surface area contributed by atoms with Gasteiger partial charge in [0.2, 0.25) is 11.9 Å². The summed E-state index contributed by atoms with van der Waals surface area (Å²) in [6.45, 7) is 3.79. The summed E-state index contributed by atoms with van der Waals surface area (Å²) >= 11 is 0. The van der Waals surface area contributed by atoms with Gasteiger partial charge in [0.05, 0.1) is 22.9 Å². The molecule has 8 heteroatoms. The number of anilines is 1. The molecule has 0 spiro atoms. The maximum absolute atomic E-state index is 12.0. The topological polar surface area (TPSA) is 108 Å². The molecule has 130 valence electrons. The Labute approximate surface area is 144 Å². The van der Waals surface area contributed by atoms with E-state index in [1.165, 1.54) is 18.3 Å². The molecule has 0 unspecified atom stereocenters. The maximum atomic E-state index is 12.0. The van der Waals surface area contributed by atoms with Crippen LogP contribution >= 0.6 is 0 Å². The first-order valence-electron chi connectivity index (χ1n) is 8.14. The van der Waals surface area contributed by atoms with Crippen molar-refractivity contribution in [2.75, 3.05) is 24.5 Å². The molecule has 1 saturated heterocycles. The van der Waals surface area contributed by atoms with E-state index in [9.17, 15) is 9.59 Å². The molecule has 2 aromatic rings. The monoisotopic (exact) mass is 341 g/mol. The largest absolute Gasteiger partial charge is 0.478 e. The van der Waals surface area contributed by atoms with Crippen LogP contribution in [0.1, 0.15) is 23.7 Å². The molecule has 1 aliphatic rings. The molecule has 1 aliphatic heterocycles. The molecule has 2 aromatic heterocycles. The summed E-state index contributed by atoms with van der Waals surface area (Å²) in [6, 6.07) is 4.61. The molecule has 0 radical (unpaired) electrons. The summed E-state index contributed by atoms with van der Waals surface area (Å²) in [4.78, 5) is 38.0. The summed E-state index contributed by atoms with van der Waals surface area (Å²) in [5.74, 6) is -0.508. The number of aromatic carboxylic acids is 1. The third-order valence-electron chi connectivity index (χ3n) is 4.11. The van der Waals surface area contributed by atoms with Crippen molar-refractivity contribution in [3.8, 4) is 11.4 Å². The summed E-state index contributed by atoms with van der Waals surface area (Å²) in [5.41, 5.74) is 1.18. The summed E-state index contributed by atoms with van der Waals surface area (Å²) in [7, 11) is 0. The number of hydrogen-bond donors (Lipinski definition) is 2. The van der Waals surface area contributed by atoms with E-state index >= 15 is 0 Å². The highest BCUT2D eigenvalue weighted by molar-refractivity contribution is 5.88. The van der Waals surface area contributed by atoms with E-state index in [2.05, 4.69) is 20.3 Å². The van der Waals surface area contributed by atoms with Gasteiger partial charge in [-0.15, -0.1) is 0 Å². The molecular weight excluding hydrogens is 322 g/mol. The van der Waals surface area contributed by atoms with Gasteiger partial charge in [-0.2, -0.15) is 0 Å². The Morgan fingerprint density at radius 1 is 1.28 bits per heavy atom. The van der Waals surface area contributed by atoms with Crippen LogP contribution in [0.25, 0.3) is 11.4 Å². The van der Waals surface area contributed by atoms with Gasteiger partial charge in [0.15, 0.2) is 0 Å². The number of nitrogens with zero attached hydrogens (tertiary/aromatic N) is 4. The van der Waals surface area contributed by atoms with Crippen LogP contribution in [0.15, 0.2) is 30.6 Å². The molecular formula is C17H19N5O3. The number of rotatable bonds is 5. The Bertz CT molecular complexity index is 795. The summed E-state index contributed by atoms with van der Waals surface area (Å²) in [5, 5.41) is 11.9. The van der Waals surface area contributed by atoms with Gasteiger partial charge in [0.1, 0.15) is 0 Å². The van der Waals surface area contributed by atoms with Crippen LogP contribution < -0.4 is 10.2 Å². The number of carbonyl (C=O) groups is 2. The zero-order chi connectivity index (χ0) is 17.8. The molecule has 3 heterocycles. The fraction of sp³-hybridized carbons (Fsp3) is 0.353. The van der Waals surface area contributed by atoms with Crippen LogP contribution in [0.3, 0.4) is 0 Å². The molecule has 0 bridgehead atoms. The van der Waals surface area contributed by atoms with Crippen LogP contribution in [0.2, 0.25) is 0 Å². The second-order valence-electron chi connectivity index (χ2n) is 5.80. The lowest BCUT2D eigenvalue weighted by atomic mass is 10.1. The Balaban J connectivity index is 1.80. The van der Waals surface area contributed by atoms with Gasteiger partial charge in [-0.25, -0.2) is 14.8 Å². The molecule has 3 rings (SSSR count). The number of amides is 1. The van der Waals surface area contributed by atoms with E-state index in [1.807, 2.05) is 11.8 Å². The Hall–Kier alpha value is -3.03. The van der Waals surface area contributed by atoms with Crippen molar-refractivity contribution < 1.29 is 14.7 Å². The highest BCUT2D eigenvalue weighted by atomic mass is 16.4. The molecule has 2 N–H and O–H groups in total. The number of carboxylic acids is 1. The molecule has 0 aliphatic carbocycles. The second kappa shape index (κ2) is 7.25. The number of carboxylic acid groups (broad SMARTS) is 1. The van der Waals surface area contributed by atoms with Crippen molar-refractivity contribution in [1.29, 1.82) is 0 Å². The lowest BCUT2D eigenvalue weighted by Crippen LogP contribution is -2.32. The quantitative estimate of drug-likeness (QED) is 0.841. The van der Waals surface area contributed by atoms with E-state index in [0.29, 0.717) is 37.0 Å². The number of hydrogen-bond acceptors (Lipinski definition) is 6. The Morgan fingerprint density at radius 2 is 2.08 bits per heavy atom. The van der Waals surface area contributed by atoms with Gasteiger partial charge in [0.25, 0.3) is 0 Å². The molecule has 1 atom stereocenters. The third-order valence-corrected chi connectivity index (χ3v) is 4.11. The van der Waals surface area contributed by atoms with Gasteiger partial charge < -0.3 is 15.3 Å². The zero-order valence-corrected chi connectivity index (χ0v) is 13.8. The van der Waals surface area contributed by atoms with Crippen LogP contribution in [-0.4, -0.2) is 51.6 Å². The Kier molecular flexibility index (Phi) is 4.87. The zero-order valence-electron chi connectivity index (χ0n) is 13.8. The minimum absolute atomic E-state index is 0.0528. The minimum Gasteiger partial charge on any atom is -0.478 e. The third kappa shape index (κ3) is 3.73. The van der Waals surface area contributed by atoms with Crippen molar-refractivity contribution in [2.24, 2.45) is 5.92 Å². The SMILES string of the molecule is CCNC(=O)[C@@H]1CCN(c2nccc(-c3cc(C(=O)O)ccn3)n2)C1. The highest BCUT2D eigenvalue weighted by Crippen LogP contribution is 2.23. The van der Waals surface area contributed by atoms with Gasteiger partial charge in [-0.3, -0.25) is 9.78 Å². The van der Waals surface area contributed by atoms with Crippen LogP contribution in [0.4, 0.5) is 5.95 Å². The molecule has 8 nitrogen and oxygen atoms in total. The smallest absolute Gasteiger partial charge is 0.335 e. The van der Waals surface area contributed by atoms with Crippen LogP contribution in [0.5, 0.6) is 0 Å². The first-order chi connectivity index (χ1) is 12.1. The summed E-state index contributed by atoms with van der Waals surface area (Å²) < 4.78 is 0. The normalized spacial score (nSPS) is 16.7. The lowest BCUT2D eigenvalue weighted by molar-refractivity contribution is -0.124. The van der Waals surface area contributed by atoms with Crippen LogP contribution in [-0.2, 0) is 4.79 Å². The van der Waals surface area contributed by atoms with E-state index < -0.39 is 5.97 Å². The van der Waals surface area contributed by atoms with Crippen molar-refractivity contribution in [1.82, 2.24) is 20.3 Å². The van der Waals surface area contributed by atoms with Gasteiger partial charge in [-0.1, -0.05) is 0 Å². The number of nitrogens with one attached hydrogen (secondary N) is 1. The maximum Gasteiger partial charge on any atom is 0.335 e. The van der Waals surface area contributed by atoms with E-state index in [-0.39, 0.29) is 17.4 Å². The predicted octanol–water partition coefficient (Wildman–Crippen LogP) is 1.20. The fourth-order valence-electron chi connectivity index (χ4n) is 2.82. The number of aromatic nitrogens is 3. The second-order valence-corrected chi connectivity index (χ2v) is 5.80. The van der Waals surface area contributed by atoms with E-state index in [1.54, 1.807) is 12.3 Å².